The maximum atomic E-state index is 5.12. The third-order valence-corrected chi connectivity index (χ3v) is 7.62. The second-order valence-corrected chi connectivity index (χ2v) is 10.6. The van der Waals surface area contributed by atoms with Crippen LogP contribution in [0.15, 0.2) is 109 Å². The molecule has 39 heavy (non-hydrogen) atoms. The van der Waals surface area contributed by atoms with Crippen LogP contribution in [0.25, 0.3) is 33.6 Å². The largest absolute Gasteiger partial charge is 0.378 e. The normalized spacial score (nSPS) is 14.2. The van der Waals surface area contributed by atoms with Crippen molar-refractivity contribution in [2.45, 2.75) is 12.6 Å². The molecule has 1 atom stereocenters. The zero-order valence-corrected chi connectivity index (χ0v) is 23.0. The average Bonchev–Trinajstić information content (AvgIpc) is 3.41. The zero-order chi connectivity index (χ0) is 26.9. The van der Waals surface area contributed by atoms with E-state index in [1.807, 2.05) is 0 Å². The van der Waals surface area contributed by atoms with E-state index in [0.717, 1.165) is 34.6 Å². The van der Waals surface area contributed by atoms with Gasteiger partial charge in [0.1, 0.15) is 0 Å². The fourth-order valence-electron chi connectivity index (χ4n) is 5.32. The Morgan fingerprint density at radius 2 is 1.10 bits per heavy atom. The third kappa shape index (κ3) is 5.04. The van der Waals surface area contributed by atoms with Crippen LogP contribution in [0.5, 0.6) is 0 Å². The first-order valence-electron chi connectivity index (χ1n) is 13.5. The number of benzene rings is 4. The van der Waals surface area contributed by atoms with Crippen LogP contribution in [-0.4, -0.2) is 33.2 Å². The Balaban J connectivity index is 1.39. The lowest BCUT2D eigenvalue weighted by Crippen LogP contribution is -2.13. The molecule has 194 valence electrons. The van der Waals surface area contributed by atoms with Gasteiger partial charge in [0.15, 0.2) is 0 Å². The molecule has 0 radical (unpaired) electrons. The SMILES string of the molecule is CN(C)c1ccc(-c2cc(-c3ccc(C4NCc5ccccc54)cc3)cc(-c3ccc(N(C)C)cc3)n2)cc1. The van der Waals surface area contributed by atoms with E-state index in [9.17, 15) is 0 Å². The van der Waals surface area contributed by atoms with Crippen molar-refractivity contribution in [2.75, 3.05) is 38.0 Å². The van der Waals surface area contributed by atoms with Crippen molar-refractivity contribution in [3.8, 4) is 33.6 Å². The van der Waals surface area contributed by atoms with Crippen LogP contribution >= 0.6 is 0 Å². The second-order valence-electron chi connectivity index (χ2n) is 10.6. The fraction of sp³-hybridized carbons (Fsp3) is 0.171. The summed E-state index contributed by atoms with van der Waals surface area (Å²) >= 11 is 0. The molecule has 2 heterocycles. The molecule has 0 amide bonds. The summed E-state index contributed by atoms with van der Waals surface area (Å²) in [6.45, 7) is 0.916. The van der Waals surface area contributed by atoms with Crippen LogP contribution in [0.4, 0.5) is 11.4 Å². The Morgan fingerprint density at radius 3 is 1.64 bits per heavy atom. The molecule has 4 heteroatoms. The zero-order valence-electron chi connectivity index (χ0n) is 23.0. The second kappa shape index (κ2) is 10.4. The molecular formula is C35H34N4. The number of hydrogen-bond donors (Lipinski definition) is 1. The highest BCUT2D eigenvalue weighted by Gasteiger charge is 2.22. The van der Waals surface area contributed by atoms with Crippen LogP contribution in [0.2, 0.25) is 0 Å². The van der Waals surface area contributed by atoms with E-state index in [2.05, 4.69) is 153 Å². The summed E-state index contributed by atoms with van der Waals surface area (Å²) in [5, 5.41) is 3.67. The van der Waals surface area contributed by atoms with Crippen molar-refractivity contribution in [3.05, 3.63) is 126 Å². The van der Waals surface area contributed by atoms with E-state index in [4.69, 9.17) is 4.98 Å². The van der Waals surface area contributed by atoms with Gasteiger partial charge in [0.2, 0.25) is 0 Å². The maximum Gasteiger partial charge on any atom is 0.0715 e. The summed E-state index contributed by atoms with van der Waals surface area (Å²) in [6.07, 6.45) is 0. The van der Waals surface area contributed by atoms with Crippen LogP contribution in [0.1, 0.15) is 22.7 Å². The van der Waals surface area contributed by atoms with Crippen LogP contribution in [-0.2, 0) is 6.54 Å². The first kappa shape index (κ1) is 24.9. The lowest BCUT2D eigenvalue weighted by Gasteiger charge is -2.16. The van der Waals surface area contributed by atoms with Crippen molar-refractivity contribution in [1.82, 2.24) is 10.3 Å². The number of pyridine rings is 1. The molecule has 1 N–H and O–H groups in total. The average molecular weight is 511 g/mol. The van der Waals surface area contributed by atoms with Crippen LogP contribution < -0.4 is 15.1 Å². The van der Waals surface area contributed by atoms with E-state index in [-0.39, 0.29) is 6.04 Å². The molecule has 5 aromatic rings. The Morgan fingerprint density at radius 1 is 0.590 bits per heavy atom. The summed E-state index contributed by atoms with van der Waals surface area (Å²) in [5.74, 6) is 0. The summed E-state index contributed by atoms with van der Waals surface area (Å²) in [4.78, 5) is 9.35. The summed E-state index contributed by atoms with van der Waals surface area (Å²) in [7, 11) is 8.25. The molecule has 4 nitrogen and oxygen atoms in total. The number of anilines is 2. The van der Waals surface area contributed by atoms with Crippen molar-refractivity contribution in [1.29, 1.82) is 0 Å². The maximum absolute atomic E-state index is 5.12. The highest BCUT2D eigenvalue weighted by atomic mass is 15.1. The number of aromatic nitrogens is 1. The molecule has 6 rings (SSSR count). The molecule has 0 saturated carbocycles. The van der Waals surface area contributed by atoms with Crippen molar-refractivity contribution in [3.63, 3.8) is 0 Å². The quantitative estimate of drug-likeness (QED) is 0.258. The van der Waals surface area contributed by atoms with Crippen molar-refractivity contribution >= 4 is 11.4 Å². The number of rotatable bonds is 6. The number of hydrogen-bond acceptors (Lipinski definition) is 4. The van der Waals surface area contributed by atoms with Gasteiger partial charge in [0.25, 0.3) is 0 Å². The van der Waals surface area contributed by atoms with Crippen molar-refractivity contribution in [2.24, 2.45) is 0 Å². The molecule has 0 bridgehead atoms. The molecular weight excluding hydrogens is 476 g/mol. The molecule has 1 unspecified atom stereocenters. The van der Waals surface area contributed by atoms with Gasteiger partial charge in [0, 0.05) is 57.2 Å². The van der Waals surface area contributed by atoms with E-state index in [1.54, 1.807) is 0 Å². The lowest BCUT2D eigenvalue weighted by molar-refractivity contribution is 0.667. The summed E-state index contributed by atoms with van der Waals surface area (Å²) < 4.78 is 0. The molecule has 0 aliphatic carbocycles. The summed E-state index contributed by atoms with van der Waals surface area (Å²) in [6, 6.07) is 39.6. The Hall–Kier alpha value is -4.41. The van der Waals surface area contributed by atoms with Gasteiger partial charge in [-0.1, -0.05) is 72.8 Å². The molecule has 1 aliphatic rings. The van der Waals surface area contributed by atoms with Crippen LogP contribution in [0.3, 0.4) is 0 Å². The van der Waals surface area contributed by atoms with E-state index >= 15 is 0 Å². The minimum atomic E-state index is 0.240. The van der Waals surface area contributed by atoms with E-state index < -0.39 is 0 Å². The number of fused-ring (bicyclic) bond motifs is 1. The molecule has 0 spiro atoms. The molecule has 1 aromatic heterocycles. The standard InChI is InChI=1S/C35H34N4/c1-38(2)30-17-13-25(14-18-30)33-21-29(22-34(37-33)26-15-19-31(20-16-26)39(3)4)24-9-11-27(12-10-24)35-32-8-6-5-7-28(32)23-36-35/h5-22,35-36H,23H2,1-4H3. The van der Waals surface area contributed by atoms with Gasteiger partial charge in [-0.15, -0.1) is 0 Å². The van der Waals surface area contributed by atoms with Gasteiger partial charge in [-0.3, -0.25) is 0 Å². The van der Waals surface area contributed by atoms with Gasteiger partial charge < -0.3 is 15.1 Å². The Labute approximate surface area is 231 Å². The molecule has 4 aromatic carbocycles. The minimum absolute atomic E-state index is 0.240. The first-order valence-corrected chi connectivity index (χ1v) is 13.5. The van der Waals surface area contributed by atoms with Gasteiger partial charge in [-0.25, -0.2) is 4.98 Å². The topological polar surface area (TPSA) is 31.4 Å². The smallest absolute Gasteiger partial charge is 0.0715 e. The summed E-state index contributed by atoms with van der Waals surface area (Å²) in [5.41, 5.74) is 12.9. The Kier molecular flexibility index (Phi) is 6.64. The van der Waals surface area contributed by atoms with E-state index in [1.165, 1.54) is 33.6 Å². The monoisotopic (exact) mass is 510 g/mol. The number of nitrogens with zero attached hydrogens (tertiary/aromatic N) is 3. The highest BCUT2D eigenvalue weighted by Crippen LogP contribution is 2.34. The fourth-order valence-corrected chi connectivity index (χ4v) is 5.32. The predicted molar refractivity (Wildman–Crippen MR) is 164 cm³/mol. The lowest BCUT2D eigenvalue weighted by atomic mass is 9.95. The van der Waals surface area contributed by atoms with Gasteiger partial charge in [-0.2, -0.15) is 0 Å². The van der Waals surface area contributed by atoms with Gasteiger partial charge >= 0.3 is 0 Å². The first-order chi connectivity index (χ1) is 19.0. The highest BCUT2D eigenvalue weighted by molar-refractivity contribution is 5.77. The van der Waals surface area contributed by atoms with Gasteiger partial charge in [-0.05, 0) is 64.2 Å². The minimum Gasteiger partial charge on any atom is -0.378 e. The third-order valence-electron chi connectivity index (χ3n) is 7.62. The molecule has 0 fully saturated rings. The van der Waals surface area contributed by atoms with Gasteiger partial charge in [0.05, 0.1) is 17.4 Å². The number of nitrogens with one attached hydrogen (secondary N) is 1. The predicted octanol–water partition coefficient (Wildman–Crippen LogP) is 7.41. The van der Waals surface area contributed by atoms with E-state index in [0.29, 0.717) is 0 Å². The van der Waals surface area contributed by atoms with Crippen LogP contribution in [0, 0.1) is 0 Å². The molecule has 0 saturated heterocycles. The molecule has 1 aliphatic heterocycles. The Bertz CT molecular complexity index is 1510. The van der Waals surface area contributed by atoms with Crippen molar-refractivity contribution < 1.29 is 0 Å².